The molecule has 35 heavy (non-hydrogen) atoms. The Kier molecular flexibility index (Phi) is 6.12. The Labute approximate surface area is 200 Å². The number of aliphatic hydroxyl groups is 2. The van der Waals surface area contributed by atoms with E-state index in [1.165, 1.54) is 17.9 Å². The first-order valence-corrected chi connectivity index (χ1v) is 11.1. The number of pyridine rings is 1. The Bertz CT molecular complexity index is 1360. The molecule has 4 heterocycles. The Hall–Kier alpha value is -3.93. The lowest BCUT2D eigenvalue weighted by Gasteiger charge is -2.17. The zero-order chi connectivity index (χ0) is 24.5. The van der Waals surface area contributed by atoms with Gasteiger partial charge < -0.3 is 25.6 Å². The van der Waals surface area contributed by atoms with Crippen molar-refractivity contribution in [2.45, 2.75) is 38.0 Å². The van der Waals surface area contributed by atoms with Gasteiger partial charge in [-0.3, -0.25) is 14.3 Å². The number of aromatic nitrogens is 5. The fraction of sp³-hybridized carbons (Fsp3) is 0.292. The molecule has 3 aromatic heterocycles. The molecule has 5 rings (SSSR count). The molecule has 4 aromatic rings. The number of aryl methyl sites for hydroxylation is 1. The number of rotatable bonds is 6. The van der Waals surface area contributed by atoms with Crippen molar-refractivity contribution in [2.75, 3.05) is 12.4 Å². The van der Waals surface area contributed by atoms with Gasteiger partial charge >= 0.3 is 0 Å². The van der Waals surface area contributed by atoms with E-state index in [1.807, 2.05) is 43.3 Å². The van der Waals surface area contributed by atoms with Crippen LogP contribution in [0.25, 0.3) is 22.6 Å². The van der Waals surface area contributed by atoms with Crippen LogP contribution in [0.3, 0.4) is 0 Å². The normalized spacial score (nSPS) is 21.8. The van der Waals surface area contributed by atoms with Crippen molar-refractivity contribution >= 4 is 22.9 Å². The van der Waals surface area contributed by atoms with Crippen molar-refractivity contribution in [1.82, 2.24) is 29.8 Å². The zero-order valence-electron chi connectivity index (χ0n) is 19.2. The summed E-state index contributed by atoms with van der Waals surface area (Å²) >= 11 is 0. The maximum Gasteiger partial charge on any atom is 0.251 e. The van der Waals surface area contributed by atoms with E-state index in [1.54, 1.807) is 12.4 Å². The minimum Gasteiger partial charge on any atom is -0.387 e. The third-order valence-electron chi connectivity index (χ3n) is 5.87. The highest BCUT2D eigenvalue weighted by Crippen LogP contribution is 2.33. The highest BCUT2D eigenvalue weighted by atomic mass is 16.6. The molecule has 0 saturated carbocycles. The number of imidazole rings is 1. The summed E-state index contributed by atoms with van der Waals surface area (Å²) in [5, 5.41) is 26.8. The van der Waals surface area contributed by atoms with E-state index in [9.17, 15) is 15.0 Å². The SMILES string of the molecule is CNC(=O)C1OC(n2cnc3c(NCc4ccccc4)nc(-c4cncc(C)c4)nc32)C(O)C1O. The van der Waals surface area contributed by atoms with Gasteiger partial charge in [-0.05, 0) is 24.1 Å². The summed E-state index contributed by atoms with van der Waals surface area (Å²) in [6, 6.07) is 11.8. The molecule has 4 N–H and O–H groups in total. The van der Waals surface area contributed by atoms with E-state index in [0.717, 1.165) is 11.1 Å². The molecule has 0 aliphatic carbocycles. The van der Waals surface area contributed by atoms with Gasteiger partial charge in [0, 0.05) is 31.5 Å². The van der Waals surface area contributed by atoms with Crippen LogP contribution in [0.4, 0.5) is 5.82 Å². The summed E-state index contributed by atoms with van der Waals surface area (Å²) in [5.74, 6) is 0.363. The number of carbonyl (C=O) groups is 1. The number of carbonyl (C=O) groups excluding carboxylic acids is 1. The summed E-state index contributed by atoms with van der Waals surface area (Å²) in [7, 11) is 1.44. The molecule has 0 spiro atoms. The molecule has 1 fully saturated rings. The number of benzene rings is 1. The quantitative estimate of drug-likeness (QED) is 0.323. The third kappa shape index (κ3) is 4.32. The van der Waals surface area contributed by atoms with Gasteiger partial charge in [0.25, 0.3) is 5.91 Å². The number of nitrogens with one attached hydrogen (secondary N) is 2. The average molecular weight is 476 g/mol. The molecule has 0 radical (unpaired) electrons. The predicted molar refractivity (Wildman–Crippen MR) is 127 cm³/mol. The minimum absolute atomic E-state index is 0.376. The average Bonchev–Trinajstić information content (AvgIpc) is 3.43. The Morgan fingerprint density at radius 3 is 2.69 bits per heavy atom. The highest BCUT2D eigenvalue weighted by molar-refractivity contribution is 5.85. The summed E-state index contributed by atoms with van der Waals surface area (Å²) in [6.07, 6.45) is -0.206. The van der Waals surface area contributed by atoms with Crippen molar-refractivity contribution < 1.29 is 19.7 Å². The Balaban J connectivity index is 1.58. The number of likely N-dealkylation sites (N-methyl/N-ethyl adjacent to an activating group) is 1. The molecular weight excluding hydrogens is 450 g/mol. The summed E-state index contributed by atoms with van der Waals surface area (Å²) in [4.78, 5) is 30.2. The van der Waals surface area contributed by atoms with Crippen molar-refractivity contribution in [3.63, 3.8) is 0 Å². The zero-order valence-corrected chi connectivity index (χ0v) is 19.2. The summed E-state index contributed by atoms with van der Waals surface area (Å²) in [5.41, 5.74) is 3.55. The molecule has 1 aromatic carbocycles. The van der Waals surface area contributed by atoms with E-state index >= 15 is 0 Å². The lowest BCUT2D eigenvalue weighted by molar-refractivity contribution is -0.137. The van der Waals surface area contributed by atoms with Gasteiger partial charge in [0.2, 0.25) is 0 Å². The number of anilines is 1. The van der Waals surface area contributed by atoms with Crippen LogP contribution in [0.2, 0.25) is 0 Å². The second-order valence-corrected chi connectivity index (χ2v) is 8.35. The summed E-state index contributed by atoms with van der Waals surface area (Å²) in [6.45, 7) is 2.43. The van der Waals surface area contributed by atoms with Gasteiger partial charge in [0.1, 0.15) is 12.2 Å². The van der Waals surface area contributed by atoms with Crippen molar-refractivity contribution in [3.05, 3.63) is 66.2 Å². The van der Waals surface area contributed by atoms with Crippen LogP contribution in [0.5, 0.6) is 0 Å². The molecule has 4 atom stereocenters. The second kappa shape index (κ2) is 9.37. The highest BCUT2D eigenvalue weighted by Gasteiger charge is 2.47. The van der Waals surface area contributed by atoms with E-state index in [0.29, 0.717) is 34.9 Å². The molecule has 11 nitrogen and oxygen atoms in total. The maximum atomic E-state index is 12.1. The van der Waals surface area contributed by atoms with E-state index < -0.39 is 30.4 Å². The predicted octanol–water partition coefficient (Wildman–Crippen LogP) is 1.17. The fourth-order valence-corrected chi connectivity index (χ4v) is 4.06. The first-order chi connectivity index (χ1) is 17.0. The Morgan fingerprint density at radius 2 is 1.94 bits per heavy atom. The molecule has 1 saturated heterocycles. The lowest BCUT2D eigenvalue weighted by atomic mass is 10.1. The van der Waals surface area contributed by atoms with Crippen molar-refractivity contribution in [3.8, 4) is 11.4 Å². The topological polar surface area (TPSA) is 147 Å². The van der Waals surface area contributed by atoms with Gasteiger partial charge in [0.15, 0.2) is 35.1 Å². The van der Waals surface area contributed by atoms with Gasteiger partial charge in [-0.15, -0.1) is 0 Å². The molecule has 1 amide bonds. The van der Waals surface area contributed by atoms with Crippen LogP contribution in [-0.4, -0.2) is 66.0 Å². The number of hydrogen-bond donors (Lipinski definition) is 4. The minimum atomic E-state index is -1.41. The van der Waals surface area contributed by atoms with E-state index in [-0.39, 0.29) is 0 Å². The van der Waals surface area contributed by atoms with Crippen LogP contribution in [0, 0.1) is 6.92 Å². The molecule has 4 unspecified atom stereocenters. The molecule has 180 valence electrons. The maximum absolute atomic E-state index is 12.1. The van der Waals surface area contributed by atoms with Crippen molar-refractivity contribution in [2.24, 2.45) is 0 Å². The van der Waals surface area contributed by atoms with Crippen LogP contribution in [0.15, 0.2) is 55.1 Å². The molecular formula is C24H25N7O4. The Morgan fingerprint density at radius 1 is 1.14 bits per heavy atom. The van der Waals surface area contributed by atoms with Crippen LogP contribution in [-0.2, 0) is 16.1 Å². The van der Waals surface area contributed by atoms with Crippen LogP contribution >= 0.6 is 0 Å². The van der Waals surface area contributed by atoms with Gasteiger partial charge in [-0.2, -0.15) is 0 Å². The first kappa shape index (κ1) is 22.8. The van der Waals surface area contributed by atoms with Gasteiger partial charge in [-0.25, -0.2) is 15.0 Å². The monoisotopic (exact) mass is 475 g/mol. The number of fused-ring (bicyclic) bond motifs is 1. The largest absolute Gasteiger partial charge is 0.387 e. The standard InChI is InChI=1S/C24H25N7O4/c1-13-8-15(11-26-9-13)20-29-21(27-10-14-6-4-3-5-7-14)16-22(30-20)31(12-28-16)24-18(33)17(32)19(35-24)23(34)25-2/h3-9,11-12,17-19,24,32-33H,10H2,1-2H3,(H,25,34)(H,27,29,30). The lowest BCUT2D eigenvalue weighted by Crippen LogP contribution is -2.41. The number of amides is 1. The molecule has 11 heteroatoms. The number of aliphatic hydroxyl groups excluding tert-OH is 2. The van der Waals surface area contributed by atoms with E-state index in [2.05, 4.69) is 20.6 Å². The summed E-state index contributed by atoms with van der Waals surface area (Å²) < 4.78 is 7.25. The van der Waals surface area contributed by atoms with Gasteiger partial charge in [-0.1, -0.05) is 30.3 Å². The van der Waals surface area contributed by atoms with E-state index in [4.69, 9.17) is 14.7 Å². The molecule has 1 aliphatic heterocycles. The molecule has 0 bridgehead atoms. The fourth-order valence-electron chi connectivity index (χ4n) is 4.06. The van der Waals surface area contributed by atoms with Gasteiger partial charge in [0.05, 0.1) is 6.33 Å². The van der Waals surface area contributed by atoms with Crippen LogP contribution < -0.4 is 10.6 Å². The smallest absolute Gasteiger partial charge is 0.251 e. The third-order valence-corrected chi connectivity index (χ3v) is 5.87. The first-order valence-electron chi connectivity index (χ1n) is 11.1. The number of hydrogen-bond acceptors (Lipinski definition) is 9. The number of nitrogens with zero attached hydrogens (tertiary/aromatic N) is 5. The number of ether oxygens (including phenoxy) is 1. The second-order valence-electron chi connectivity index (χ2n) is 8.35. The molecule has 1 aliphatic rings. The van der Waals surface area contributed by atoms with Crippen LogP contribution in [0.1, 0.15) is 17.4 Å². The van der Waals surface area contributed by atoms with Crippen molar-refractivity contribution in [1.29, 1.82) is 0 Å².